The lowest BCUT2D eigenvalue weighted by Gasteiger charge is -2.30. The van der Waals surface area contributed by atoms with E-state index in [4.69, 9.17) is 4.74 Å². The Kier molecular flexibility index (Phi) is 6.68. The molecule has 0 saturated carbocycles. The van der Waals surface area contributed by atoms with E-state index in [-0.39, 0.29) is 0 Å². The molecule has 0 atom stereocenters. The average molecular weight is 251 g/mol. The zero-order chi connectivity index (χ0) is 13.4. The van der Waals surface area contributed by atoms with Crippen LogP contribution in [0.1, 0.15) is 19.5 Å². The summed E-state index contributed by atoms with van der Waals surface area (Å²) < 4.78 is 5.37. The van der Waals surface area contributed by atoms with Gasteiger partial charge in [0, 0.05) is 25.8 Å². The Morgan fingerprint density at radius 2 is 1.94 bits per heavy atom. The van der Waals surface area contributed by atoms with Crippen LogP contribution in [0.3, 0.4) is 0 Å². The minimum Gasteiger partial charge on any atom is -0.378 e. The molecule has 0 unspecified atom stereocenters. The number of nitrogens with zero attached hydrogens (tertiary/aromatic N) is 3. The summed E-state index contributed by atoms with van der Waals surface area (Å²) in [7, 11) is 4.13. The highest BCUT2D eigenvalue weighted by Crippen LogP contribution is 2.20. The van der Waals surface area contributed by atoms with Crippen LogP contribution < -0.4 is 4.90 Å². The third-order valence-electron chi connectivity index (χ3n) is 2.68. The van der Waals surface area contributed by atoms with Gasteiger partial charge in [0.2, 0.25) is 0 Å². The Labute approximate surface area is 111 Å². The fourth-order valence-corrected chi connectivity index (χ4v) is 1.94. The van der Waals surface area contributed by atoms with E-state index < -0.39 is 0 Å². The first-order valence-electron chi connectivity index (χ1n) is 6.68. The molecule has 0 aromatic carbocycles. The van der Waals surface area contributed by atoms with Crippen molar-refractivity contribution in [1.29, 1.82) is 0 Å². The van der Waals surface area contributed by atoms with Crippen molar-refractivity contribution in [1.82, 2.24) is 9.88 Å². The van der Waals surface area contributed by atoms with Crippen LogP contribution in [0.2, 0.25) is 0 Å². The van der Waals surface area contributed by atoms with Gasteiger partial charge in [-0.1, -0.05) is 13.8 Å². The first kappa shape index (κ1) is 14.9. The van der Waals surface area contributed by atoms with Crippen LogP contribution >= 0.6 is 0 Å². The normalized spacial score (nSPS) is 15.3. The predicted octanol–water partition coefficient (Wildman–Crippen LogP) is 2.01. The number of anilines is 1. The molecule has 1 aliphatic heterocycles. The van der Waals surface area contributed by atoms with E-state index in [1.54, 1.807) is 0 Å². The van der Waals surface area contributed by atoms with E-state index in [9.17, 15) is 0 Å². The lowest BCUT2D eigenvalue weighted by atomic mass is 10.2. The maximum Gasteiger partial charge on any atom is 0.0776 e. The standard InChI is InChI=1S/C12H19N3O.C2H6/c1-14(2)10-11-12(4-3-5-13-11)15-6-8-16-9-7-15;1-2/h3-5H,6-10H2,1-2H3;1-2H3. The molecule has 4 nitrogen and oxygen atoms in total. The first-order valence-corrected chi connectivity index (χ1v) is 6.68. The summed E-state index contributed by atoms with van der Waals surface area (Å²) in [4.78, 5) is 8.97. The molecule has 0 radical (unpaired) electrons. The predicted molar refractivity (Wildman–Crippen MR) is 76.0 cm³/mol. The van der Waals surface area contributed by atoms with E-state index in [0.29, 0.717) is 0 Å². The van der Waals surface area contributed by atoms with Crippen molar-refractivity contribution >= 4 is 5.69 Å². The summed E-state index contributed by atoms with van der Waals surface area (Å²) in [5, 5.41) is 0. The van der Waals surface area contributed by atoms with Gasteiger partial charge in [0.15, 0.2) is 0 Å². The molecule has 102 valence electrons. The monoisotopic (exact) mass is 251 g/mol. The van der Waals surface area contributed by atoms with Gasteiger partial charge in [-0.2, -0.15) is 0 Å². The van der Waals surface area contributed by atoms with Gasteiger partial charge in [0.25, 0.3) is 0 Å². The number of hydrogen-bond acceptors (Lipinski definition) is 4. The molecule has 1 aliphatic rings. The molecular formula is C14H25N3O. The van der Waals surface area contributed by atoms with E-state index in [1.807, 2.05) is 26.1 Å². The lowest BCUT2D eigenvalue weighted by molar-refractivity contribution is 0.122. The van der Waals surface area contributed by atoms with Crippen LogP contribution in [0.4, 0.5) is 5.69 Å². The second-order valence-corrected chi connectivity index (χ2v) is 4.31. The van der Waals surface area contributed by atoms with Crippen LogP contribution in [0.25, 0.3) is 0 Å². The summed E-state index contributed by atoms with van der Waals surface area (Å²) in [6.07, 6.45) is 1.86. The topological polar surface area (TPSA) is 28.6 Å². The molecule has 0 N–H and O–H groups in total. The molecule has 1 fully saturated rings. The van der Waals surface area contributed by atoms with Crippen molar-refractivity contribution in [2.45, 2.75) is 20.4 Å². The zero-order valence-electron chi connectivity index (χ0n) is 12.0. The first-order chi connectivity index (χ1) is 8.77. The van der Waals surface area contributed by atoms with E-state index in [0.717, 1.165) is 38.5 Å². The molecule has 1 aromatic heterocycles. The average Bonchev–Trinajstić information content (AvgIpc) is 2.42. The van der Waals surface area contributed by atoms with Gasteiger partial charge in [-0.05, 0) is 26.2 Å². The van der Waals surface area contributed by atoms with Gasteiger partial charge in [-0.15, -0.1) is 0 Å². The summed E-state index contributed by atoms with van der Waals surface area (Å²) in [6.45, 7) is 8.44. The molecule has 0 bridgehead atoms. The molecule has 4 heteroatoms. The Hall–Kier alpha value is -1.13. The molecule has 1 saturated heterocycles. The van der Waals surface area contributed by atoms with Gasteiger partial charge in [-0.25, -0.2) is 0 Å². The van der Waals surface area contributed by atoms with Crippen LogP contribution in [0.15, 0.2) is 18.3 Å². The maximum atomic E-state index is 5.37. The minimum absolute atomic E-state index is 0.816. The second-order valence-electron chi connectivity index (χ2n) is 4.31. The Morgan fingerprint density at radius 3 is 2.56 bits per heavy atom. The van der Waals surface area contributed by atoms with Crippen molar-refractivity contribution < 1.29 is 4.74 Å². The highest BCUT2D eigenvalue weighted by molar-refractivity contribution is 5.50. The Bertz CT molecular complexity index is 336. The molecule has 18 heavy (non-hydrogen) atoms. The molecular weight excluding hydrogens is 226 g/mol. The summed E-state index contributed by atoms with van der Waals surface area (Å²) in [6, 6.07) is 4.15. The van der Waals surface area contributed by atoms with Crippen molar-refractivity contribution in [3.63, 3.8) is 0 Å². The molecule has 0 aliphatic carbocycles. The third kappa shape index (κ3) is 4.27. The highest BCUT2D eigenvalue weighted by Gasteiger charge is 2.15. The van der Waals surface area contributed by atoms with E-state index in [2.05, 4.69) is 34.9 Å². The number of pyridine rings is 1. The van der Waals surface area contributed by atoms with Crippen LogP contribution in [0.5, 0.6) is 0 Å². The molecule has 0 amide bonds. The summed E-state index contributed by atoms with van der Waals surface area (Å²) >= 11 is 0. The SMILES string of the molecule is CC.CN(C)Cc1ncccc1N1CCOCC1. The van der Waals surface area contributed by atoms with Gasteiger partial charge in [0.1, 0.15) is 0 Å². The fourth-order valence-electron chi connectivity index (χ4n) is 1.94. The van der Waals surface area contributed by atoms with Gasteiger partial charge < -0.3 is 14.5 Å². The summed E-state index contributed by atoms with van der Waals surface area (Å²) in [5.41, 5.74) is 2.40. The molecule has 0 spiro atoms. The number of aromatic nitrogens is 1. The maximum absolute atomic E-state index is 5.37. The van der Waals surface area contributed by atoms with Crippen LogP contribution in [-0.4, -0.2) is 50.3 Å². The highest BCUT2D eigenvalue weighted by atomic mass is 16.5. The van der Waals surface area contributed by atoms with Crippen molar-refractivity contribution in [3.05, 3.63) is 24.0 Å². The third-order valence-corrected chi connectivity index (χ3v) is 2.68. The van der Waals surface area contributed by atoms with Gasteiger partial charge in [-0.3, -0.25) is 4.98 Å². The zero-order valence-corrected chi connectivity index (χ0v) is 12.0. The quantitative estimate of drug-likeness (QED) is 0.821. The van der Waals surface area contributed by atoms with Crippen molar-refractivity contribution in [2.75, 3.05) is 45.3 Å². The number of ether oxygens (including phenoxy) is 1. The number of morpholine rings is 1. The second kappa shape index (κ2) is 8.06. The van der Waals surface area contributed by atoms with E-state index >= 15 is 0 Å². The number of rotatable bonds is 3. The molecule has 2 rings (SSSR count). The lowest BCUT2D eigenvalue weighted by Crippen LogP contribution is -2.37. The Balaban J connectivity index is 0.000000771. The fraction of sp³-hybridized carbons (Fsp3) is 0.643. The molecule has 2 heterocycles. The van der Waals surface area contributed by atoms with Crippen LogP contribution in [-0.2, 0) is 11.3 Å². The Morgan fingerprint density at radius 1 is 1.28 bits per heavy atom. The van der Waals surface area contributed by atoms with Crippen molar-refractivity contribution in [3.8, 4) is 0 Å². The van der Waals surface area contributed by atoms with Crippen LogP contribution in [0, 0.1) is 0 Å². The minimum atomic E-state index is 0.816. The number of hydrogen-bond donors (Lipinski definition) is 0. The molecule has 1 aromatic rings. The largest absolute Gasteiger partial charge is 0.378 e. The van der Waals surface area contributed by atoms with E-state index in [1.165, 1.54) is 5.69 Å². The smallest absolute Gasteiger partial charge is 0.0776 e. The van der Waals surface area contributed by atoms with Crippen molar-refractivity contribution in [2.24, 2.45) is 0 Å². The van der Waals surface area contributed by atoms with Gasteiger partial charge >= 0.3 is 0 Å². The summed E-state index contributed by atoms with van der Waals surface area (Å²) in [5.74, 6) is 0. The van der Waals surface area contributed by atoms with Gasteiger partial charge in [0.05, 0.1) is 24.6 Å².